The number of rotatable bonds is 4. The molecule has 1 fully saturated rings. The van der Waals surface area contributed by atoms with Crippen molar-refractivity contribution in [2.45, 2.75) is 38.2 Å². The largest absolute Gasteiger partial charge is 0.300 e. The number of hydrogen-bond acceptors (Lipinski definition) is 3. The van der Waals surface area contributed by atoms with Gasteiger partial charge in [-0.05, 0) is 42.2 Å². The summed E-state index contributed by atoms with van der Waals surface area (Å²) in [5.41, 5.74) is 5.47. The van der Waals surface area contributed by atoms with Crippen LogP contribution in [0.25, 0.3) is 16.7 Å². The average molecular weight is 395 g/mol. The lowest BCUT2D eigenvalue weighted by atomic mass is 9.96. The molecule has 4 heterocycles. The Morgan fingerprint density at radius 2 is 1.83 bits per heavy atom. The molecule has 3 aromatic rings. The molecular formula is C22H23F2N5. The van der Waals surface area contributed by atoms with Gasteiger partial charge in [0.15, 0.2) is 0 Å². The third kappa shape index (κ3) is 3.62. The second-order valence-corrected chi connectivity index (χ2v) is 7.82. The van der Waals surface area contributed by atoms with Crippen molar-refractivity contribution in [3.8, 4) is 0 Å². The first-order valence-corrected chi connectivity index (χ1v) is 10.1. The number of H-pyrrole nitrogens is 1. The van der Waals surface area contributed by atoms with Gasteiger partial charge in [0.1, 0.15) is 5.82 Å². The van der Waals surface area contributed by atoms with Gasteiger partial charge in [0, 0.05) is 44.9 Å². The van der Waals surface area contributed by atoms with Crippen LogP contribution in [0, 0.1) is 0 Å². The molecule has 0 saturated carbocycles. The van der Waals surface area contributed by atoms with E-state index in [0.717, 1.165) is 35.6 Å². The van der Waals surface area contributed by atoms with Crippen molar-refractivity contribution in [1.29, 1.82) is 0 Å². The first kappa shape index (κ1) is 18.2. The highest BCUT2D eigenvalue weighted by Gasteiger charge is 2.34. The summed E-state index contributed by atoms with van der Waals surface area (Å²) in [6.07, 6.45) is 9.73. The van der Waals surface area contributed by atoms with E-state index in [-0.39, 0.29) is 12.8 Å². The Morgan fingerprint density at radius 3 is 2.55 bits per heavy atom. The highest BCUT2D eigenvalue weighted by molar-refractivity contribution is 5.76. The fraction of sp³-hybridized carbons (Fsp3) is 0.364. The Labute approximate surface area is 167 Å². The van der Waals surface area contributed by atoms with E-state index in [9.17, 15) is 8.78 Å². The summed E-state index contributed by atoms with van der Waals surface area (Å²) < 4.78 is 29.1. The van der Waals surface area contributed by atoms with Gasteiger partial charge in [0.05, 0.1) is 16.9 Å². The molecule has 0 unspecified atom stereocenters. The van der Waals surface area contributed by atoms with Gasteiger partial charge >= 0.3 is 0 Å². The number of hydrogen-bond donors (Lipinski definition) is 1. The van der Waals surface area contributed by atoms with Crippen LogP contribution in [0.2, 0.25) is 0 Å². The van der Waals surface area contributed by atoms with E-state index in [1.54, 1.807) is 6.20 Å². The second-order valence-electron chi connectivity index (χ2n) is 7.82. The molecule has 0 atom stereocenters. The van der Waals surface area contributed by atoms with Crippen molar-refractivity contribution in [3.63, 3.8) is 0 Å². The molecule has 29 heavy (non-hydrogen) atoms. The van der Waals surface area contributed by atoms with Crippen molar-refractivity contribution < 1.29 is 8.78 Å². The van der Waals surface area contributed by atoms with Crippen LogP contribution in [0.4, 0.5) is 8.78 Å². The fourth-order valence-electron chi connectivity index (χ4n) is 4.18. The Balaban J connectivity index is 1.44. The zero-order valence-corrected chi connectivity index (χ0v) is 16.1. The minimum atomic E-state index is -2.52. The van der Waals surface area contributed by atoms with Crippen LogP contribution < -0.4 is 0 Å². The number of piperidine rings is 1. The standard InChI is InChI=1S/C22H23F2N5/c23-22(24)9-13-28(14-10-22)15-19-20-3-1-2-12-29(20)21(26-19)17-6-4-16(5-7-17)18-8-11-25-27-18/h1-4,6,8,11-12H,5,7,9-10,13-15H2,(H,25,27). The smallest absolute Gasteiger partial charge is 0.250 e. The number of fused-ring (bicyclic) bond motifs is 1. The maximum absolute atomic E-state index is 13.5. The van der Waals surface area contributed by atoms with E-state index in [0.29, 0.717) is 19.6 Å². The van der Waals surface area contributed by atoms with Crippen molar-refractivity contribution in [2.24, 2.45) is 0 Å². The maximum Gasteiger partial charge on any atom is 0.250 e. The number of halogens is 2. The molecule has 5 nitrogen and oxygen atoms in total. The number of allylic oxidation sites excluding steroid dienone is 4. The molecule has 0 aromatic carbocycles. The quantitative estimate of drug-likeness (QED) is 0.705. The summed E-state index contributed by atoms with van der Waals surface area (Å²) >= 11 is 0. The molecule has 5 rings (SSSR count). The number of nitrogens with one attached hydrogen (secondary N) is 1. The van der Waals surface area contributed by atoms with Crippen LogP contribution in [-0.4, -0.2) is 43.5 Å². The lowest BCUT2D eigenvalue weighted by molar-refractivity contribution is -0.0567. The van der Waals surface area contributed by atoms with Crippen LogP contribution in [0.3, 0.4) is 0 Å². The molecule has 1 saturated heterocycles. The van der Waals surface area contributed by atoms with Gasteiger partial charge in [-0.15, -0.1) is 0 Å². The Morgan fingerprint density at radius 1 is 1.03 bits per heavy atom. The van der Waals surface area contributed by atoms with E-state index in [4.69, 9.17) is 4.98 Å². The van der Waals surface area contributed by atoms with Gasteiger partial charge < -0.3 is 0 Å². The van der Waals surface area contributed by atoms with Crippen LogP contribution in [0.15, 0.2) is 48.8 Å². The predicted octanol–water partition coefficient (Wildman–Crippen LogP) is 4.55. The third-order valence-corrected chi connectivity index (χ3v) is 5.87. The third-order valence-electron chi connectivity index (χ3n) is 5.87. The molecule has 2 aliphatic rings. The van der Waals surface area contributed by atoms with Crippen molar-refractivity contribution in [2.75, 3.05) is 13.1 Å². The monoisotopic (exact) mass is 395 g/mol. The molecule has 150 valence electrons. The highest BCUT2D eigenvalue weighted by Crippen LogP contribution is 2.32. The average Bonchev–Trinajstić information content (AvgIpc) is 3.39. The lowest BCUT2D eigenvalue weighted by Gasteiger charge is -2.31. The van der Waals surface area contributed by atoms with Gasteiger partial charge in [-0.1, -0.05) is 18.2 Å². The molecule has 0 amide bonds. The molecule has 0 radical (unpaired) electrons. The predicted molar refractivity (Wildman–Crippen MR) is 108 cm³/mol. The Kier molecular flexibility index (Phi) is 4.54. The van der Waals surface area contributed by atoms with Crippen molar-refractivity contribution >= 4 is 16.7 Å². The molecule has 1 N–H and O–H groups in total. The van der Waals surface area contributed by atoms with Crippen LogP contribution in [-0.2, 0) is 6.54 Å². The molecule has 0 spiro atoms. The van der Waals surface area contributed by atoms with Gasteiger partial charge in [0.25, 0.3) is 5.92 Å². The number of aromatic nitrogens is 4. The zero-order chi connectivity index (χ0) is 19.8. The summed E-state index contributed by atoms with van der Waals surface area (Å²) in [7, 11) is 0. The number of alkyl halides is 2. The molecule has 0 bridgehead atoms. The van der Waals surface area contributed by atoms with E-state index in [1.807, 2.05) is 24.4 Å². The molecule has 1 aliphatic carbocycles. The highest BCUT2D eigenvalue weighted by atomic mass is 19.3. The number of aromatic amines is 1. The van der Waals surface area contributed by atoms with E-state index >= 15 is 0 Å². The maximum atomic E-state index is 13.5. The van der Waals surface area contributed by atoms with Gasteiger partial charge in [-0.2, -0.15) is 5.10 Å². The fourth-order valence-corrected chi connectivity index (χ4v) is 4.18. The number of imidazole rings is 1. The van der Waals surface area contributed by atoms with Crippen molar-refractivity contribution in [1.82, 2.24) is 24.5 Å². The van der Waals surface area contributed by atoms with Gasteiger partial charge in [0.2, 0.25) is 0 Å². The molecular weight excluding hydrogens is 372 g/mol. The summed E-state index contributed by atoms with van der Waals surface area (Å²) in [6, 6.07) is 8.04. The normalized spacial score (nSPS) is 19.9. The zero-order valence-electron chi connectivity index (χ0n) is 16.1. The summed E-state index contributed by atoms with van der Waals surface area (Å²) in [6.45, 7) is 1.42. The van der Waals surface area contributed by atoms with E-state index in [2.05, 4.69) is 37.7 Å². The number of pyridine rings is 1. The van der Waals surface area contributed by atoms with Crippen molar-refractivity contribution in [3.05, 3.63) is 66.0 Å². The molecule has 3 aromatic heterocycles. The van der Waals surface area contributed by atoms with Gasteiger partial charge in [-0.3, -0.25) is 14.4 Å². The Hall–Kier alpha value is -2.80. The summed E-state index contributed by atoms with van der Waals surface area (Å²) in [4.78, 5) is 7.03. The lowest BCUT2D eigenvalue weighted by Crippen LogP contribution is -2.38. The SMILES string of the molecule is FC1(F)CCN(Cc2nc(C3=CC=C(c4ccn[nH]4)CC3)n3ccccc23)CC1. The first-order valence-electron chi connectivity index (χ1n) is 10.1. The Bertz CT molecular complexity index is 1070. The van der Waals surface area contributed by atoms with Crippen LogP contribution in [0.5, 0.6) is 0 Å². The second kappa shape index (κ2) is 7.22. The molecule has 1 aliphatic heterocycles. The van der Waals surface area contributed by atoms with Crippen LogP contribution >= 0.6 is 0 Å². The minimum absolute atomic E-state index is 0.0715. The van der Waals surface area contributed by atoms with E-state index < -0.39 is 5.92 Å². The topological polar surface area (TPSA) is 49.2 Å². The first-order chi connectivity index (χ1) is 14.1. The molecule has 7 heteroatoms. The number of likely N-dealkylation sites (tertiary alicyclic amines) is 1. The summed E-state index contributed by atoms with van der Waals surface area (Å²) in [5.74, 6) is -1.58. The van der Waals surface area contributed by atoms with Crippen LogP contribution in [0.1, 0.15) is 42.9 Å². The summed E-state index contributed by atoms with van der Waals surface area (Å²) in [5, 5.41) is 7.05. The van der Waals surface area contributed by atoms with E-state index in [1.165, 1.54) is 11.1 Å². The van der Waals surface area contributed by atoms with Gasteiger partial charge in [-0.25, -0.2) is 13.8 Å². The number of nitrogens with zero attached hydrogens (tertiary/aromatic N) is 4. The minimum Gasteiger partial charge on any atom is -0.300 e.